The van der Waals surface area contributed by atoms with Crippen LogP contribution in [-0.4, -0.2) is 18.4 Å². The Morgan fingerprint density at radius 1 is 0.938 bits per heavy atom. The molecule has 0 fully saturated rings. The summed E-state index contributed by atoms with van der Waals surface area (Å²) in [7, 11) is 0. The molecule has 7 heteroatoms. The number of amides is 2. The van der Waals surface area contributed by atoms with Gasteiger partial charge in [-0.05, 0) is 48.5 Å². The number of carbonyl (C=O) groups is 2. The Hall–Kier alpha value is -3.82. The van der Waals surface area contributed by atoms with Gasteiger partial charge in [-0.25, -0.2) is 0 Å². The maximum Gasteiger partial charge on any atom is 0.227 e. The van der Waals surface area contributed by atoms with Gasteiger partial charge < -0.3 is 15.0 Å². The number of hydrogen-bond acceptors (Lipinski definition) is 4. The predicted octanol–water partition coefficient (Wildman–Crippen LogP) is 5.80. The van der Waals surface area contributed by atoms with Gasteiger partial charge in [-0.1, -0.05) is 41.9 Å². The van der Waals surface area contributed by atoms with E-state index < -0.39 is 0 Å². The Labute approximate surface area is 192 Å². The average Bonchev–Trinajstić information content (AvgIpc) is 2.81. The third-order valence-corrected chi connectivity index (χ3v) is 4.90. The number of nitrogens with zero attached hydrogens (tertiary/aromatic N) is 2. The molecule has 162 valence electrons. The summed E-state index contributed by atoms with van der Waals surface area (Å²) >= 11 is 6.10. The minimum Gasteiger partial charge on any atom is -0.456 e. The van der Waals surface area contributed by atoms with Gasteiger partial charge in [-0.2, -0.15) is 5.26 Å². The molecule has 3 rings (SSSR count). The van der Waals surface area contributed by atoms with Gasteiger partial charge in [-0.15, -0.1) is 0 Å². The predicted molar refractivity (Wildman–Crippen MR) is 125 cm³/mol. The third-order valence-electron chi connectivity index (χ3n) is 4.58. The van der Waals surface area contributed by atoms with Crippen LogP contribution in [0.4, 0.5) is 11.4 Å². The van der Waals surface area contributed by atoms with E-state index in [-0.39, 0.29) is 37.6 Å². The van der Waals surface area contributed by atoms with Crippen molar-refractivity contribution in [2.75, 3.05) is 16.8 Å². The smallest absolute Gasteiger partial charge is 0.227 e. The first-order valence-electron chi connectivity index (χ1n) is 10.1. The van der Waals surface area contributed by atoms with Crippen LogP contribution in [0.25, 0.3) is 0 Å². The summed E-state index contributed by atoms with van der Waals surface area (Å²) in [6.45, 7) is 0.286. The summed E-state index contributed by atoms with van der Waals surface area (Å²) < 4.78 is 5.73. The van der Waals surface area contributed by atoms with Crippen molar-refractivity contribution in [2.45, 2.75) is 19.3 Å². The lowest BCUT2D eigenvalue weighted by atomic mass is 10.2. The zero-order chi connectivity index (χ0) is 22.8. The molecule has 0 aliphatic heterocycles. The number of ether oxygens (including phenoxy) is 1. The molecule has 32 heavy (non-hydrogen) atoms. The van der Waals surface area contributed by atoms with Crippen molar-refractivity contribution < 1.29 is 14.3 Å². The highest BCUT2D eigenvalue weighted by Gasteiger charge is 2.16. The Kier molecular flexibility index (Phi) is 8.24. The van der Waals surface area contributed by atoms with E-state index in [1.54, 1.807) is 36.4 Å². The van der Waals surface area contributed by atoms with Crippen LogP contribution >= 0.6 is 11.6 Å². The molecule has 0 spiro atoms. The van der Waals surface area contributed by atoms with Gasteiger partial charge in [0.25, 0.3) is 0 Å². The Balaban J connectivity index is 1.53. The monoisotopic (exact) mass is 447 g/mol. The number of benzene rings is 3. The van der Waals surface area contributed by atoms with Gasteiger partial charge >= 0.3 is 0 Å². The molecule has 0 aromatic heterocycles. The number of anilines is 2. The number of rotatable bonds is 9. The van der Waals surface area contributed by atoms with Gasteiger partial charge in [0.15, 0.2) is 0 Å². The van der Waals surface area contributed by atoms with Crippen LogP contribution in [0.5, 0.6) is 11.5 Å². The summed E-state index contributed by atoms with van der Waals surface area (Å²) in [5.74, 6) is 0.655. The molecule has 0 saturated heterocycles. The van der Waals surface area contributed by atoms with Crippen molar-refractivity contribution in [3.8, 4) is 17.6 Å². The zero-order valence-electron chi connectivity index (χ0n) is 17.3. The molecule has 0 aliphatic carbocycles. The maximum absolute atomic E-state index is 12.7. The van der Waals surface area contributed by atoms with E-state index in [1.165, 1.54) is 4.90 Å². The van der Waals surface area contributed by atoms with Gasteiger partial charge in [0, 0.05) is 30.8 Å². The van der Waals surface area contributed by atoms with Crippen LogP contribution in [0.3, 0.4) is 0 Å². The first kappa shape index (κ1) is 22.9. The second-order valence-electron chi connectivity index (χ2n) is 6.89. The molecule has 0 aliphatic rings. The van der Waals surface area contributed by atoms with Gasteiger partial charge in [0.1, 0.15) is 11.5 Å². The second kappa shape index (κ2) is 11.5. The van der Waals surface area contributed by atoms with E-state index in [0.29, 0.717) is 27.9 Å². The minimum absolute atomic E-state index is 0.0343. The van der Waals surface area contributed by atoms with Gasteiger partial charge in [0.05, 0.1) is 17.5 Å². The fourth-order valence-electron chi connectivity index (χ4n) is 3.01. The van der Waals surface area contributed by atoms with Crippen LogP contribution in [0.15, 0.2) is 78.9 Å². The van der Waals surface area contributed by atoms with Crippen molar-refractivity contribution in [2.24, 2.45) is 0 Å². The first-order valence-corrected chi connectivity index (χ1v) is 10.5. The van der Waals surface area contributed by atoms with Crippen molar-refractivity contribution in [3.05, 3.63) is 83.9 Å². The average molecular weight is 448 g/mol. The molecule has 3 aromatic carbocycles. The molecule has 1 N–H and O–H groups in total. The standard InChI is InChI=1S/C25H22ClN3O3/c26-22-9-4-5-10-23(22)32-21-13-11-19(12-14-21)28-24(30)15-16-25(31)29(18-6-17-27)20-7-2-1-3-8-20/h1-5,7-14H,6,15-16,18H2,(H,28,30). The van der Waals surface area contributed by atoms with Gasteiger partial charge in [-0.3, -0.25) is 9.59 Å². The van der Waals surface area contributed by atoms with Crippen LogP contribution in [-0.2, 0) is 9.59 Å². The number of hydrogen-bond donors (Lipinski definition) is 1. The lowest BCUT2D eigenvalue weighted by Crippen LogP contribution is -2.32. The van der Waals surface area contributed by atoms with E-state index >= 15 is 0 Å². The summed E-state index contributed by atoms with van der Waals surface area (Å²) in [5, 5.41) is 12.2. The molecular weight excluding hydrogens is 426 g/mol. The normalized spacial score (nSPS) is 10.1. The highest BCUT2D eigenvalue weighted by molar-refractivity contribution is 6.32. The number of nitrogens with one attached hydrogen (secondary N) is 1. The van der Waals surface area contributed by atoms with E-state index in [1.807, 2.05) is 42.5 Å². The second-order valence-corrected chi connectivity index (χ2v) is 7.30. The van der Waals surface area contributed by atoms with Crippen LogP contribution < -0.4 is 15.0 Å². The number of para-hydroxylation sites is 2. The highest BCUT2D eigenvalue weighted by atomic mass is 35.5. The van der Waals surface area contributed by atoms with Crippen LogP contribution in [0.2, 0.25) is 5.02 Å². The quantitative estimate of drug-likeness (QED) is 0.449. The van der Waals surface area contributed by atoms with E-state index in [4.69, 9.17) is 21.6 Å². The van der Waals surface area contributed by atoms with Crippen molar-refractivity contribution in [1.29, 1.82) is 5.26 Å². The SMILES string of the molecule is N#CCCN(C(=O)CCC(=O)Nc1ccc(Oc2ccccc2Cl)cc1)c1ccccc1. The zero-order valence-corrected chi connectivity index (χ0v) is 18.1. The largest absolute Gasteiger partial charge is 0.456 e. The molecule has 0 heterocycles. The lowest BCUT2D eigenvalue weighted by Gasteiger charge is -2.21. The van der Waals surface area contributed by atoms with Crippen LogP contribution in [0.1, 0.15) is 19.3 Å². The lowest BCUT2D eigenvalue weighted by molar-refractivity contribution is -0.122. The molecule has 0 unspecified atom stereocenters. The molecule has 3 aromatic rings. The Morgan fingerprint density at radius 2 is 1.62 bits per heavy atom. The molecule has 0 atom stereocenters. The number of carbonyl (C=O) groups excluding carboxylic acids is 2. The molecule has 0 saturated carbocycles. The number of halogens is 1. The molecule has 2 amide bonds. The van der Waals surface area contributed by atoms with Crippen molar-refractivity contribution in [1.82, 2.24) is 0 Å². The summed E-state index contributed by atoms with van der Waals surface area (Å²) in [5.41, 5.74) is 1.31. The molecule has 6 nitrogen and oxygen atoms in total. The topological polar surface area (TPSA) is 82.4 Å². The van der Waals surface area contributed by atoms with E-state index in [9.17, 15) is 9.59 Å². The highest BCUT2D eigenvalue weighted by Crippen LogP contribution is 2.29. The molecule has 0 radical (unpaired) electrons. The van der Waals surface area contributed by atoms with Crippen LogP contribution in [0, 0.1) is 11.3 Å². The molecule has 0 bridgehead atoms. The Morgan fingerprint density at radius 3 is 2.31 bits per heavy atom. The van der Waals surface area contributed by atoms with E-state index in [0.717, 1.165) is 0 Å². The first-order chi connectivity index (χ1) is 15.6. The van der Waals surface area contributed by atoms with Gasteiger partial charge in [0.2, 0.25) is 11.8 Å². The fourth-order valence-corrected chi connectivity index (χ4v) is 3.18. The summed E-state index contributed by atoms with van der Waals surface area (Å²) in [6, 6.07) is 25.2. The number of nitriles is 1. The maximum atomic E-state index is 12.7. The summed E-state index contributed by atoms with van der Waals surface area (Å²) in [4.78, 5) is 26.5. The fraction of sp³-hybridized carbons (Fsp3) is 0.160. The minimum atomic E-state index is -0.272. The Bertz CT molecular complexity index is 1100. The summed E-state index contributed by atoms with van der Waals surface area (Å²) in [6.07, 6.45) is 0.294. The third kappa shape index (κ3) is 6.59. The van der Waals surface area contributed by atoms with E-state index in [2.05, 4.69) is 11.4 Å². The van der Waals surface area contributed by atoms with Crippen molar-refractivity contribution >= 4 is 34.8 Å². The molecular formula is C25H22ClN3O3. The van der Waals surface area contributed by atoms with Crippen molar-refractivity contribution in [3.63, 3.8) is 0 Å².